The van der Waals surface area contributed by atoms with Gasteiger partial charge in [0, 0.05) is 32.2 Å². The lowest BCUT2D eigenvalue weighted by molar-refractivity contribution is 0.204. The third-order valence-corrected chi connectivity index (χ3v) is 3.98. The van der Waals surface area contributed by atoms with Crippen LogP contribution in [0.25, 0.3) is 10.2 Å². The Balaban J connectivity index is 1.78. The Labute approximate surface area is 117 Å². The summed E-state index contributed by atoms with van der Waals surface area (Å²) in [6, 6.07) is 1.87. The maximum atomic E-state index is 13.1. The first-order valence-electron chi connectivity index (χ1n) is 6.16. The average Bonchev–Trinajstić information content (AvgIpc) is 2.81. The topological polar surface area (TPSA) is 57.3 Å². The van der Waals surface area contributed by atoms with Gasteiger partial charge in [-0.25, -0.2) is 18.6 Å². The zero-order chi connectivity index (χ0) is 14.1. The minimum Gasteiger partial charge on any atom is -0.322 e. The normalized spacial score (nSPS) is 15.6. The Morgan fingerprint density at radius 1 is 1.30 bits per heavy atom. The van der Waals surface area contributed by atoms with E-state index in [4.69, 9.17) is 0 Å². The Morgan fingerprint density at radius 2 is 2.00 bits per heavy atom. The standard InChI is InChI=1S/C12H12F2N4OS/c13-7-5-9-10(6-8(7)14)20-11(16-9)17-12(19)18-3-1-15-2-4-18/h5-6,15H,1-4H2,(H,16,17,19). The molecule has 1 fully saturated rings. The van der Waals surface area contributed by atoms with Crippen LogP contribution < -0.4 is 10.6 Å². The molecule has 0 unspecified atom stereocenters. The molecule has 0 atom stereocenters. The first-order valence-corrected chi connectivity index (χ1v) is 6.97. The van der Waals surface area contributed by atoms with Crippen LogP contribution in [0.1, 0.15) is 0 Å². The molecule has 1 aromatic heterocycles. The van der Waals surface area contributed by atoms with Crippen LogP contribution in [0.2, 0.25) is 0 Å². The molecule has 106 valence electrons. The fourth-order valence-corrected chi connectivity index (χ4v) is 2.88. The number of benzene rings is 1. The summed E-state index contributed by atoms with van der Waals surface area (Å²) in [6.45, 7) is 2.76. The molecule has 0 bridgehead atoms. The highest BCUT2D eigenvalue weighted by Gasteiger charge is 2.18. The molecule has 2 heterocycles. The minimum atomic E-state index is -0.942. The molecule has 1 saturated heterocycles. The van der Waals surface area contributed by atoms with Crippen molar-refractivity contribution in [3.63, 3.8) is 0 Å². The van der Waals surface area contributed by atoms with Crippen LogP contribution in [0.5, 0.6) is 0 Å². The number of aromatic nitrogens is 1. The molecular formula is C12H12F2N4OS. The number of carbonyl (C=O) groups is 1. The molecule has 1 aliphatic rings. The van der Waals surface area contributed by atoms with Crippen LogP contribution in [0, 0.1) is 11.6 Å². The van der Waals surface area contributed by atoms with Crippen LogP contribution in [0.3, 0.4) is 0 Å². The number of nitrogens with zero attached hydrogens (tertiary/aromatic N) is 2. The Morgan fingerprint density at radius 3 is 2.75 bits per heavy atom. The van der Waals surface area contributed by atoms with E-state index < -0.39 is 11.6 Å². The van der Waals surface area contributed by atoms with E-state index in [1.807, 2.05) is 0 Å². The van der Waals surface area contributed by atoms with E-state index >= 15 is 0 Å². The lowest BCUT2D eigenvalue weighted by Crippen LogP contribution is -2.48. The molecule has 0 radical (unpaired) electrons. The second-order valence-corrected chi connectivity index (χ2v) is 5.45. The van der Waals surface area contributed by atoms with Gasteiger partial charge < -0.3 is 10.2 Å². The molecule has 2 N–H and O–H groups in total. The van der Waals surface area contributed by atoms with Crippen LogP contribution in [-0.2, 0) is 0 Å². The predicted octanol–water partition coefficient (Wildman–Crippen LogP) is 2.01. The number of carbonyl (C=O) groups excluding carboxylic acids is 1. The van der Waals surface area contributed by atoms with Gasteiger partial charge in [0.25, 0.3) is 0 Å². The van der Waals surface area contributed by atoms with E-state index in [2.05, 4.69) is 15.6 Å². The summed E-state index contributed by atoms with van der Waals surface area (Å²) in [4.78, 5) is 17.7. The molecule has 3 rings (SSSR count). The molecule has 8 heteroatoms. The number of nitrogens with one attached hydrogen (secondary N) is 2. The number of anilines is 1. The van der Waals surface area contributed by atoms with Crippen molar-refractivity contribution < 1.29 is 13.6 Å². The lowest BCUT2D eigenvalue weighted by Gasteiger charge is -2.26. The van der Waals surface area contributed by atoms with Gasteiger partial charge in [-0.2, -0.15) is 0 Å². The molecule has 5 nitrogen and oxygen atoms in total. The Bertz CT molecular complexity index is 615. The highest BCUT2D eigenvalue weighted by atomic mass is 32.1. The zero-order valence-corrected chi connectivity index (χ0v) is 11.3. The van der Waals surface area contributed by atoms with Gasteiger partial charge in [-0.3, -0.25) is 5.32 Å². The molecule has 0 spiro atoms. The van der Waals surface area contributed by atoms with Crippen molar-refractivity contribution in [2.45, 2.75) is 0 Å². The number of fused-ring (bicyclic) bond motifs is 1. The Hall–Kier alpha value is -1.80. The van der Waals surface area contributed by atoms with Gasteiger partial charge in [0.05, 0.1) is 10.2 Å². The van der Waals surface area contributed by atoms with Crippen molar-refractivity contribution in [2.75, 3.05) is 31.5 Å². The van der Waals surface area contributed by atoms with Gasteiger partial charge in [-0.1, -0.05) is 11.3 Å². The number of urea groups is 1. The molecule has 0 saturated carbocycles. The van der Waals surface area contributed by atoms with E-state index in [9.17, 15) is 13.6 Å². The maximum Gasteiger partial charge on any atom is 0.323 e. The van der Waals surface area contributed by atoms with Crippen LogP contribution in [0.4, 0.5) is 18.7 Å². The molecule has 1 aliphatic heterocycles. The monoisotopic (exact) mass is 298 g/mol. The summed E-state index contributed by atoms with van der Waals surface area (Å²) >= 11 is 1.12. The van der Waals surface area contributed by atoms with Gasteiger partial charge in [-0.05, 0) is 6.07 Å². The van der Waals surface area contributed by atoms with Crippen molar-refractivity contribution >= 4 is 32.7 Å². The molecule has 2 amide bonds. The van der Waals surface area contributed by atoms with Crippen molar-refractivity contribution in [3.8, 4) is 0 Å². The van der Waals surface area contributed by atoms with E-state index in [1.165, 1.54) is 0 Å². The average molecular weight is 298 g/mol. The number of thiazole rings is 1. The van der Waals surface area contributed by atoms with Crippen LogP contribution in [-0.4, -0.2) is 42.1 Å². The van der Waals surface area contributed by atoms with Gasteiger partial charge in [0.2, 0.25) is 0 Å². The SMILES string of the molecule is O=C(Nc1nc2cc(F)c(F)cc2s1)N1CCNCC1. The van der Waals surface area contributed by atoms with Gasteiger partial charge in [0.1, 0.15) is 0 Å². The summed E-state index contributed by atoms with van der Waals surface area (Å²) in [5.74, 6) is -1.86. The number of halogens is 2. The van der Waals surface area contributed by atoms with Crippen molar-refractivity contribution in [2.24, 2.45) is 0 Å². The molecule has 20 heavy (non-hydrogen) atoms. The number of hydrogen-bond donors (Lipinski definition) is 2. The van der Waals surface area contributed by atoms with Gasteiger partial charge >= 0.3 is 6.03 Å². The summed E-state index contributed by atoms with van der Waals surface area (Å²) in [7, 11) is 0. The van der Waals surface area contributed by atoms with E-state index in [-0.39, 0.29) is 6.03 Å². The summed E-state index contributed by atoms with van der Waals surface area (Å²) < 4.78 is 26.7. The third-order valence-electron chi connectivity index (χ3n) is 3.05. The number of rotatable bonds is 1. The second kappa shape index (κ2) is 5.29. The number of piperazine rings is 1. The van der Waals surface area contributed by atoms with Crippen LogP contribution in [0.15, 0.2) is 12.1 Å². The summed E-state index contributed by atoms with van der Waals surface area (Å²) in [5.41, 5.74) is 0.338. The first kappa shape index (κ1) is 13.2. The van der Waals surface area contributed by atoms with Crippen molar-refractivity contribution in [3.05, 3.63) is 23.8 Å². The maximum absolute atomic E-state index is 13.1. The highest BCUT2D eigenvalue weighted by Crippen LogP contribution is 2.27. The van der Waals surface area contributed by atoms with Crippen molar-refractivity contribution in [1.82, 2.24) is 15.2 Å². The summed E-state index contributed by atoms with van der Waals surface area (Å²) in [5, 5.41) is 6.15. The molecule has 0 aliphatic carbocycles. The van der Waals surface area contributed by atoms with E-state index in [0.29, 0.717) is 28.4 Å². The number of hydrogen-bond acceptors (Lipinski definition) is 4. The first-order chi connectivity index (χ1) is 9.63. The fraction of sp³-hybridized carbons (Fsp3) is 0.333. The zero-order valence-electron chi connectivity index (χ0n) is 10.4. The number of amides is 2. The quantitative estimate of drug-likeness (QED) is 0.847. The van der Waals surface area contributed by atoms with Gasteiger partial charge in [-0.15, -0.1) is 0 Å². The summed E-state index contributed by atoms with van der Waals surface area (Å²) in [6.07, 6.45) is 0. The Kier molecular flexibility index (Phi) is 3.49. The second-order valence-electron chi connectivity index (χ2n) is 4.42. The van der Waals surface area contributed by atoms with Crippen molar-refractivity contribution in [1.29, 1.82) is 0 Å². The third kappa shape index (κ3) is 2.56. The highest BCUT2D eigenvalue weighted by molar-refractivity contribution is 7.22. The molecular weight excluding hydrogens is 286 g/mol. The fourth-order valence-electron chi connectivity index (χ4n) is 2.02. The smallest absolute Gasteiger partial charge is 0.322 e. The molecule has 1 aromatic carbocycles. The van der Waals surface area contributed by atoms with E-state index in [0.717, 1.165) is 36.6 Å². The predicted molar refractivity (Wildman–Crippen MR) is 73.0 cm³/mol. The van der Waals surface area contributed by atoms with Crippen LogP contribution >= 0.6 is 11.3 Å². The van der Waals surface area contributed by atoms with E-state index in [1.54, 1.807) is 4.90 Å². The minimum absolute atomic E-state index is 0.244. The lowest BCUT2D eigenvalue weighted by atomic mass is 10.3. The largest absolute Gasteiger partial charge is 0.323 e. The molecule has 2 aromatic rings. The van der Waals surface area contributed by atoms with Gasteiger partial charge in [0.15, 0.2) is 16.8 Å².